The molecule has 1 aromatic carbocycles. The zero-order valence-electron chi connectivity index (χ0n) is 15.3. The fraction of sp³-hybridized carbons (Fsp3) is 0.524. The maximum absolute atomic E-state index is 12.7. The predicted octanol–water partition coefficient (Wildman–Crippen LogP) is 3.71. The number of ether oxygens (including phenoxy) is 2. The Bertz CT molecular complexity index is 789. The van der Waals surface area contributed by atoms with Crippen LogP contribution in [0.5, 0.6) is 5.88 Å². The molecular formula is C21H26N2O3. The summed E-state index contributed by atoms with van der Waals surface area (Å²) in [6, 6.07) is 9.91. The lowest BCUT2D eigenvalue weighted by Crippen LogP contribution is -2.42. The lowest BCUT2D eigenvalue weighted by molar-refractivity contribution is -0.00902. The van der Waals surface area contributed by atoms with E-state index in [1.165, 1.54) is 12.8 Å². The van der Waals surface area contributed by atoms with Gasteiger partial charge in [0, 0.05) is 24.6 Å². The number of pyridine rings is 1. The van der Waals surface area contributed by atoms with Crippen LogP contribution in [0.25, 0.3) is 10.8 Å². The molecule has 2 aromatic rings. The number of hydrogen-bond acceptors (Lipinski definition) is 4. The molecule has 1 aliphatic heterocycles. The summed E-state index contributed by atoms with van der Waals surface area (Å²) < 4.78 is 10.9. The second kappa shape index (κ2) is 7.23. The van der Waals surface area contributed by atoms with Crippen LogP contribution in [0.1, 0.15) is 49.0 Å². The number of nitrogens with one attached hydrogen (secondary N) is 1. The van der Waals surface area contributed by atoms with Gasteiger partial charge in [-0.1, -0.05) is 18.2 Å². The molecule has 1 aromatic heterocycles. The minimum Gasteiger partial charge on any atom is -0.481 e. The highest BCUT2D eigenvalue weighted by Gasteiger charge is 2.37. The van der Waals surface area contributed by atoms with E-state index < -0.39 is 0 Å². The van der Waals surface area contributed by atoms with Gasteiger partial charge in [-0.05, 0) is 61.5 Å². The lowest BCUT2D eigenvalue weighted by Gasteiger charge is -2.42. The van der Waals surface area contributed by atoms with Crippen LogP contribution in [-0.2, 0) is 4.74 Å². The van der Waals surface area contributed by atoms with Gasteiger partial charge in [0.2, 0.25) is 5.88 Å². The predicted molar refractivity (Wildman–Crippen MR) is 101 cm³/mol. The molecule has 1 spiro atoms. The van der Waals surface area contributed by atoms with Crippen molar-refractivity contribution in [1.29, 1.82) is 0 Å². The second-order valence-corrected chi connectivity index (χ2v) is 7.60. The minimum atomic E-state index is -0.109. The number of carbonyl (C=O) groups is 1. The Morgan fingerprint density at radius 3 is 2.65 bits per heavy atom. The standard InChI is InChI=1S/C21H26N2O3/c1-25-20-17-5-3-2-4-15(17)14-18(23-20)19(24)22-16-6-8-21(9-7-16)10-12-26-13-11-21/h2-5,14,16H,6-13H2,1H3,(H,22,24). The number of fused-ring (bicyclic) bond motifs is 1. The summed E-state index contributed by atoms with van der Waals surface area (Å²) in [5.41, 5.74) is 0.871. The van der Waals surface area contributed by atoms with Crippen molar-refractivity contribution in [3.8, 4) is 5.88 Å². The van der Waals surface area contributed by atoms with Crippen LogP contribution in [-0.4, -0.2) is 37.3 Å². The van der Waals surface area contributed by atoms with Crippen molar-refractivity contribution in [1.82, 2.24) is 10.3 Å². The number of nitrogens with zero attached hydrogens (tertiary/aromatic N) is 1. The smallest absolute Gasteiger partial charge is 0.270 e. The number of methoxy groups -OCH3 is 1. The summed E-state index contributed by atoms with van der Waals surface area (Å²) in [6.45, 7) is 1.77. The van der Waals surface area contributed by atoms with Gasteiger partial charge in [-0.15, -0.1) is 0 Å². The molecular weight excluding hydrogens is 328 g/mol. The molecule has 0 radical (unpaired) electrons. The normalized spacial score (nSPS) is 20.2. The Morgan fingerprint density at radius 2 is 1.92 bits per heavy atom. The average Bonchev–Trinajstić information content (AvgIpc) is 2.69. The molecule has 138 valence electrons. The molecule has 2 heterocycles. The monoisotopic (exact) mass is 354 g/mol. The van der Waals surface area contributed by atoms with Gasteiger partial charge in [0.1, 0.15) is 5.69 Å². The van der Waals surface area contributed by atoms with Crippen molar-refractivity contribution >= 4 is 16.7 Å². The highest BCUT2D eigenvalue weighted by atomic mass is 16.5. The van der Waals surface area contributed by atoms with E-state index in [1.54, 1.807) is 7.11 Å². The zero-order valence-corrected chi connectivity index (χ0v) is 15.3. The first kappa shape index (κ1) is 17.3. The van der Waals surface area contributed by atoms with E-state index in [4.69, 9.17) is 9.47 Å². The number of benzene rings is 1. The maximum atomic E-state index is 12.7. The van der Waals surface area contributed by atoms with Crippen molar-refractivity contribution < 1.29 is 14.3 Å². The minimum absolute atomic E-state index is 0.109. The number of aromatic nitrogens is 1. The van der Waals surface area contributed by atoms with Gasteiger partial charge in [-0.2, -0.15) is 0 Å². The van der Waals surface area contributed by atoms with E-state index in [0.29, 0.717) is 17.0 Å². The number of carbonyl (C=O) groups excluding carboxylic acids is 1. The second-order valence-electron chi connectivity index (χ2n) is 7.60. The first-order valence-electron chi connectivity index (χ1n) is 9.52. The fourth-order valence-corrected chi connectivity index (χ4v) is 4.38. The quantitative estimate of drug-likeness (QED) is 0.913. The molecule has 4 rings (SSSR count). The Labute approximate surface area is 154 Å². The van der Waals surface area contributed by atoms with Crippen molar-refractivity contribution in [3.63, 3.8) is 0 Å². The van der Waals surface area contributed by atoms with E-state index in [-0.39, 0.29) is 11.9 Å². The van der Waals surface area contributed by atoms with E-state index in [0.717, 1.165) is 49.7 Å². The highest BCUT2D eigenvalue weighted by Crippen LogP contribution is 2.44. The fourth-order valence-electron chi connectivity index (χ4n) is 4.38. The van der Waals surface area contributed by atoms with E-state index in [1.807, 2.05) is 30.3 Å². The van der Waals surface area contributed by atoms with Crippen LogP contribution >= 0.6 is 0 Å². The van der Waals surface area contributed by atoms with Crippen molar-refractivity contribution in [2.45, 2.75) is 44.6 Å². The lowest BCUT2D eigenvalue weighted by atomic mass is 9.68. The van der Waals surface area contributed by atoms with Crippen molar-refractivity contribution in [2.75, 3.05) is 20.3 Å². The highest BCUT2D eigenvalue weighted by molar-refractivity contribution is 5.98. The summed E-state index contributed by atoms with van der Waals surface area (Å²) in [5, 5.41) is 5.07. The maximum Gasteiger partial charge on any atom is 0.270 e. The number of hydrogen-bond donors (Lipinski definition) is 1. The van der Waals surface area contributed by atoms with Gasteiger partial charge >= 0.3 is 0 Å². The van der Waals surface area contributed by atoms with Gasteiger partial charge in [-0.3, -0.25) is 4.79 Å². The molecule has 1 saturated carbocycles. The van der Waals surface area contributed by atoms with Crippen LogP contribution in [0.15, 0.2) is 30.3 Å². The van der Waals surface area contributed by atoms with Crippen LogP contribution in [0.4, 0.5) is 0 Å². The molecule has 0 atom stereocenters. The molecule has 0 bridgehead atoms. The molecule has 2 aliphatic rings. The van der Waals surface area contributed by atoms with E-state index in [2.05, 4.69) is 10.3 Å². The third-order valence-corrected chi connectivity index (χ3v) is 6.07. The number of amides is 1. The molecule has 1 amide bonds. The van der Waals surface area contributed by atoms with Crippen LogP contribution in [0.3, 0.4) is 0 Å². The first-order chi connectivity index (χ1) is 12.7. The third kappa shape index (κ3) is 3.40. The molecule has 2 fully saturated rings. The summed E-state index contributed by atoms with van der Waals surface area (Å²) >= 11 is 0. The van der Waals surface area contributed by atoms with E-state index >= 15 is 0 Å². The third-order valence-electron chi connectivity index (χ3n) is 6.07. The Balaban J connectivity index is 1.45. The molecule has 0 unspecified atom stereocenters. The van der Waals surface area contributed by atoms with Gasteiger partial charge < -0.3 is 14.8 Å². The largest absolute Gasteiger partial charge is 0.481 e. The van der Waals surface area contributed by atoms with Crippen LogP contribution in [0.2, 0.25) is 0 Å². The first-order valence-corrected chi connectivity index (χ1v) is 9.52. The molecule has 5 heteroatoms. The molecule has 1 aliphatic carbocycles. The van der Waals surface area contributed by atoms with Crippen LogP contribution < -0.4 is 10.1 Å². The van der Waals surface area contributed by atoms with Crippen LogP contribution in [0, 0.1) is 5.41 Å². The summed E-state index contributed by atoms with van der Waals surface area (Å²) in [6.07, 6.45) is 6.76. The van der Waals surface area contributed by atoms with Gasteiger partial charge in [0.15, 0.2) is 0 Å². The van der Waals surface area contributed by atoms with Crippen molar-refractivity contribution in [3.05, 3.63) is 36.0 Å². The Kier molecular flexibility index (Phi) is 4.81. The Hall–Kier alpha value is -2.14. The van der Waals surface area contributed by atoms with E-state index in [9.17, 15) is 4.79 Å². The van der Waals surface area contributed by atoms with Gasteiger partial charge in [-0.25, -0.2) is 4.98 Å². The molecule has 1 saturated heterocycles. The summed E-state index contributed by atoms with van der Waals surface area (Å²) in [4.78, 5) is 17.2. The molecule has 1 N–H and O–H groups in total. The zero-order chi connectivity index (χ0) is 18.0. The summed E-state index contributed by atoms with van der Waals surface area (Å²) in [5.74, 6) is 0.389. The Morgan fingerprint density at radius 1 is 1.19 bits per heavy atom. The van der Waals surface area contributed by atoms with Crippen molar-refractivity contribution in [2.24, 2.45) is 5.41 Å². The SMILES string of the molecule is COc1nc(C(=O)NC2CCC3(CCOCC3)CC2)cc2ccccc12. The van der Waals surface area contributed by atoms with Gasteiger partial charge in [0.05, 0.1) is 7.11 Å². The summed E-state index contributed by atoms with van der Waals surface area (Å²) in [7, 11) is 1.59. The van der Waals surface area contributed by atoms with Gasteiger partial charge in [0.25, 0.3) is 5.91 Å². The topological polar surface area (TPSA) is 60.5 Å². The molecule has 26 heavy (non-hydrogen) atoms. The number of rotatable bonds is 3. The average molecular weight is 354 g/mol. The molecule has 5 nitrogen and oxygen atoms in total.